The molecule has 1 amide bonds. The highest BCUT2D eigenvalue weighted by Crippen LogP contribution is 2.33. The van der Waals surface area contributed by atoms with Crippen LogP contribution >= 0.6 is 0 Å². The minimum absolute atomic E-state index is 0.0159. The highest BCUT2D eigenvalue weighted by Gasteiger charge is 2.19. The number of nitrogens with one attached hydrogen (secondary N) is 1. The Hall–Kier alpha value is -3.09. The normalized spacial score (nSPS) is 10.8. The summed E-state index contributed by atoms with van der Waals surface area (Å²) in [6.45, 7) is 7.91. The van der Waals surface area contributed by atoms with Crippen molar-refractivity contribution >= 4 is 17.3 Å². The largest absolute Gasteiger partial charge is 0.496 e. The van der Waals surface area contributed by atoms with Crippen molar-refractivity contribution < 1.29 is 19.2 Å². The van der Waals surface area contributed by atoms with Gasteiger partial charge in [-0.1, -0.05) is 45.9 Å². The van der Waals surface area contributed by atoms with Crippen molar-refractivity contribution in [3.63, 3.8) is 0 Å². The Kier molecular flexibility index (Phi) is 6.98. The van der Waals surface area contributed by atoms with E-state index in [-0.39, 0.29) is 35.8 Å². The topological polar surface area (TPSA) is 90.7 Å². The standard InChI is InChI=1S/C21H26N2O5/c1-13(2)16-7-6-8-17(14(3)4)21(16)22-20(24)12-28-19-10-9-15(27-5)11-18(19)23(25)26/h6-11,13-14H,12H2,1-5H3,(H,22,24). The number of hydrogen-bond acceptors (Lipinski definition) is 5. The minimum Gasteiger partial charge on any atom is -0.496 e. The molecule has 0 radical (unpaired) electrons. The number of benzene rings is 2. The zero-order valence-electron chi connectivity index (χ0n) is 16.8. The highest BCUT2D eigenvalue weighted by molar-refractivity contribution is 5.93. The molecule has 28 heavy (non-hydrogen) atoms. The number of methoxy groups -OCH3 is 1. The van der Waals surface area contributed by atoms with Crippen LogP contribution < -0.4 is 14.8 Å². The van der Waals surface area contributed by atoms with Gasteiger partial charge in [-0.15, -0.1) is 0 Å². The van der Waals surface area contributed by atoms with Crippen LogP contribution in [0.4, 0.5) is 11.4 Å². The van der Waals surface area contributed by atoms with Crippen molar-refractivity contribution in [1.82, 2.24) is 0 Å². The van der Waals surface area contributed by atoms with Crippen LogP contribution in [0, 0.1) is 10.1 Å². The number of rotatable bonds is 8. The van der Waals surface area contributed by atoms with E-state index >= 15 is 0 Å². The van der Waals surface area contributed by atoms with Crippen molar-refractivity contribution in [3.8, 4) is 11.5 Å². The fourth-order valence-corrected chi connectivity index (χ4v) is 2.90. The van der Waals surface area contributed by atoms with Gasteiger partial charge < -0.3 is 14.8 Å². The van der Waals surface area contributed by atoms with Crippen LogP contribution in [0.3, 0.4) is 0 Å². The van der Waals surface area contributed by atoms with E-state index in [0.29, 0.717) is 5.75 Å². The van der Waals surface area contributed by atoms with Gasteiger partial charge >= 0.3 is 5.69 Å². The van der Waals surface area contributed by atoms with Crippen LogP contribution in [-0.4, -0.2) is 24.5 Å². The molecule has 7 heteroatoms. The van der Waals surface area contributed by atoms with Crippen LogP contribution in [0.2, 0.25) is 0 Å². The fraction of sp³-hybridized carbons (Fsp3) is 0.381. The molecule has 1 N–H and O–H groups in total. The Bertz CT molecular complexity index is 836. The molecule has 2 aromatic rings. The first-order valence-corrected chi connectivity index (χ1v) is 9.12. The Morgan fingerprint density at radius 3 is 2.21 bits per heavy atom. The van der Waals surface area contributed by atoms with Crippen LogP contribution in [-0.2, 0) is 4.79 Å². The molecule has 0 aliphatic rings. The second-order valence-corrected chi connectivity index (χ2v) is 7.05. The first-order valence-electron chi connectivity index (χ1n) is 9.12. The second kappa shape index (κ2) is 9.21. The molecule has 0 saturated heterocycles. The van der Waals surface area contributed by atoms with Crippen LogP contribution in [0.25, 0.3) is 0 Å². The maximum Gasteiger partial charge on any atom is 0.314 e. The predicted octanol–water partition coefficient (Wildman–Crippen LogP) is 4.87. The summed E-state index contributed by atoms with van der Waals surface area (Å²) in [6, 6.07) is 10.2. The summed E-state index contributed by atoms with van der Waals surface area (Å²) in [7, 11) is 1.42. The summed E-state index contributed by atoms with van der Waals surface area (Å²) in [5, 5.41) is 14.2. The lowest BCUT2D eigenvalue weighted by molar-refractivity contribution is -0.385. The van der Waals surface area contributed by atoms with Gasteiger partial charge in [0.1, 0.15) is 5.75 Å². The van der Waals surface area contributed by atoms with E-state index in [9.17, 15) is 14.9 Å². The first kappa shape index (κ1) is 21.2. The molecule has 2 rings (SSSR count). The smallest absolute Gasteiger partial charge is 0.314 e. The molecule has 0 unspecified atom stereocenters. The average molecular weight is 386 g/mol. The summed E-state index contributed by atoms with van der Waals surface area (Å²) in [5.74, 6) is 0.452. The van der Waals surface area contributed by atoms with Gasteiger partial charge in [-0.05, 0) is 35.1 Å². The molecule has 150 valence electrons. The van der Waals surface area contributed by atoms with Gasteiger partial charge in [-0.2, -0.15) is 0 Å². The molecule has 0 bridgehead atoms. The maximum atomic E-state index is 12.5. The molecule has 0 saturated carbocycles. The molecular formula is C21H26N2O5. The Morgan fingerprint density at radius 1 is 1.11 bits per heavy atom. The number of hydrogen-bond donors (Lipinski definition) is 1. The number of nitro benzene ring substituents is 1. The van der Waals surface area contributed by atoms with Crippen LogP contribution in [0.5, 0.6) is 11.5 Å². The van der Waals surface area contributed by atoms with Crippen LogP contribution in [0.1, 0.15) is 50.7 Å². The number of nitrogens with zero attached hydrogens (tertiary/aromatic N) is 1. The van der Waals surface area contributed by atoms with E-state index in [1.807, 2.05) is 18.2 Å². The lowest BCUT2D eigenvalue weighted by Gasteiger charge is -2.20. The molecular weight excluding hydrogens is 360 g/mol. The minimum atomic E-state index is -0.569. The SMILES string of the molecule is COc1ccc(OCC(=O)Nc2c(C(C)C)cccc2C(C)C)c([N+](=O)[O-])c1. The molecule has 0 heterocycles. The van der Waals surface area contributed by atoms with Gasteiger partial charge in [-0.3, -0.25) is 14.9 Å². The highest BCUT2D eigenvalue weighted by atomic mass is 16.6. The van der Waals surface area contributed by atoms with E-state index in [4.69, 9.17) is 9.47 Å². The van der Waals surface area contributed by atoms with Gasteiger partial charge in [0.15, 0.2) is 12.4 Å². The summed E-state index contributed by atoms with van der Waals surface area (Å²) in [5.41, 5.74) is 2.60. The molecule has 0 aromatic heterocycles. The van der Waals surface area contributed by atoms with E-state index in [2.05, 4.69) is 33.0 Å². The molecule has 0 aliphatic carbocycles. The quantitative estimate of drug-likeness (QED) is 0.516. The lowest BCUT2D eigenvalue weighted by Crippen LogP contribution is -2.22. The van der Waals surface area contributed by atoms with Gasteiger partial charge in [0.05, 0.1) is 18.1 Å². The number of anilines is 1. The number of ether oxygens (including phenoxy) is 2. The third-order valence-electron chi connectivity index (χ3n) is 4.36. The number of amides is 1. The van der Waals surface area contributed by atoms with E-state index < -0.39 is 4.92 Å². The molecule has 7 nitrogen and oxygen atoms in total. The molecule has 0 aliphatic heterocycles. The molecule has 0 spiro atoms. The lowest BCUT2D eigenvalue weighted by atomic mass is 9.92. The van der Waals surface area contributed by atoms with Crippen molar-refractivity contribution in [1.29, 1.82) is 0 Å². The Balaban J connectivity index is 2.19. The maximum absolute atomic E-state index is 12.5. The summed E-state index contributed by atoms with van der Waals surface area (Å²) < 4.78 is 10.4. The van der Waals surface area contributed by atoms with Crippen molar-refractivity contribution in [2.45, 2.75) is 39.5 Å². The van der Waals surface area contributed by atoms with Crippen molar-refractivity contribution in [3.05, 3.63) is 57.6 Å². The zero-order valence-corrected chi connectivity index (χ0v) is 16.8. The Morgan fingerprint density at radius 2 is 1.71 bits per heavy atom. The first-order chi connectivity index (χ1) is 13.2. The predicted molar refractivity (Wildman–Crippen MR) is 108 cm³/mol. The average Bonchev–Trinajstić information content (AvgIpc) is 2.65. The van der Waals surface area contributed by atoms with Gasteiger partial charge in [0.25, 0.3) is 5.91 Å². The molecule has 0 atom stereocenters. The van der Waals surface area contributed by atoms with E-state index in [0.717, 1.165) is 16.8 Å². The van der Waals surface area contributed by atoms with E-state index in [1.165, 1.54) is 19.2 Å². The number of carbonyl (C=O) groups excluding carboxylic acids is 1. The third-order valence-corrected chi connectivity index (χ3v) is 4.36. The number of para-hydroxylation sites is 1. The van der Waals surface area contributed by atoms with Crippen molar-refractivity contribution in [2.75, 3.05) is 19.0 Å². The fourth-order valence-electron chi connectivity index (χ4n) is 2.90. The van der Waals surface area contributed by atoms with E-state index in [1.54, 1.807) is 6.07 Å². The summed E-state index contributed by atoms with van der Waals surface area (Å²) in [6.07, 6.45) is 0. The molecule has 2 aromatic carbocycles. The summed E-state index contributed by atoms with van der Waals surface area (Å²) in [4.78, 5) is 23.2. The summed E-state index contributed by atoms with van der Waals surface area (Å²) >= 11 is 0. The van der Waals surface area contributed by atoms with Crippen molar-refractivity contribution in [2.24, 2.45) is 0 Å². The van der Waals surface area contributed by atoms with Crippen LogP contribution in [0.15, 0.2) is 36.4 Å². The zero-order chi connectivity index (χ0) is 20.8. The number of nitro groups is 1. The third kappa shape index (κ3) is 5.00. The van der Waals surface area contributed by atoms with Gasteiger partial charge in [0.2, 0.25) is 0 Å². The van der Waals surface area contributed by atoms with Gasteiger partial charge in [0, 0.05) is 5.69 Å². The number of carbonyl (C=O) groups is 1. The molecule has 0 fully saturated rings. The second-order valence-electron chi connectivity index (χ2n) is 7.05. The monoisotopic (exact) mass is 386 g/mol. The Labute approximate surface area is 164 Å². The van der Waals surface area contributed by atoms with Gasteiger partial charge in [-0.25, -0.2) is 0 Å².